The van der Waals surface area contributed by atoms with Crippen LogP contribution < -0.4 is 11.1 Å². The van der Waals surface area contributed by atoms with Gasteiger partial charge in [-0.15, -0.1) is 0 Å². The van der Waals surface area contributed by atoms with E-state index in [-0.39, 0.29) is 5.91 Å². The predicted molar refractivity (Wildman–Crippen MR) is 76.4 cm³/mol. The molecule has 0 heterocycles. The van der Waals surface area contributed by atoms with E-state index < -0.39 is 11.1 Å². The Morgan fingerprint density at radius 3 is 2.17 bits per heavy atom. The van der Waals surface area contributed by atoms with Crippen LogP contribution in [-0.4, -0.2) is 29.1 Å². The van der Waals surface area contributed by atoms with Crippen molar-refractivity contribution in [3.63, 3.8) is 0 Å². The van der Waals surface area contributed by atoms with Gasteiger partial charge >= 0.3 is 0 Å². The lowest BCUT2D eigenvalue weighted by Gasteiger charge is -2.36. The molecule has 0 radical (unpaired) electrons. The number of carbonyl (C=O) groups excluding carboxylic acids is 1. The molecule has 5 heteroatoms. The number of hydrogen-bond acceptors (Lipinski definition) is 3. The van der Waals surface area contributed by atoms with Gasteiger partial charge in [0, 0.05) is 7.11 Å². The van der Waals surface area contributed by atoms with Crippen molar-refractivity contribution in [1.82, 2.24) is 5.32 Å². The summed E-state index contributed by atoms with van der Waals surface area (Å²) in [5, 5.41) is 3.03. The van der Waals surface area contributed by atoms with Gasteiger partial charge in [-0.25, -0.2) is 0 Å². The Morgan fingerprint density at radius 1 is 1.28 bits per heavy atom. The van der Waals surface area contributed by atoms with Crippen molar-refractivity contribution in [3.8, 4) is 0 Å². The molecule has 0 aromatic heterocycles. The van der Waals surface area contributed by atoms with Gasteiger partial charge in [-0.1, -0.05) is 37.9 Å². The van der Waals surface area contributed by atoms with Crippen LogP contribution in [0.15, 0.2) is 0 Å². The number of methoxy groups -OCH3 is 1. The number of ether oxygens (including phenoxy) is 1. The second-order valence-electron chi connectivity index (χ2n) is 5.53. The molecular formula is C13H24N2O2S. The molecule has 0 atom stereocenters. The topological polar surface area (TPSA) is 64.3 Å². The summed E-state index contributed by atoms with van der Waals surface area (Å²) in [4.78, 5) is 12.6. The van der Waals surface area contributed by atoms with Gasteiger partial charge < -0.3 is 15.8 Å². The maximum Gasteiger partial charge on any atom is 0.252 e. The van der Waals surface area contributed by atoms with Crippen LogP contribution in [0, 0.1) is 0 Å². The van der Waals surface area contributed by atoms with Crippen molar-refractivity contribution in [3.05, 3.63) is 0 Å². The zero-order valence-electron chi connectivity index (χ0n) is 11.5. The van der Waals surface area contributed by atoms with Crippen LogP contribution in [0.3, 0.4) is 0 Å². The third-order valence-electron chi connectivity index (χ3n) is 3.84. The van der Waals surface area contributed by atoms with E-state index in [1.807, 2.05) is 0 Å². The van der Waals surface area contributed by atoms with Crippen LogP contribution in [0.4, 0.5) is 0 Å². The summed E-state index contributed by atoms with van der Waals surface area (Å²) in [6, 6.07) is 0. The first-order valence-corrected chi connectivity index (χ1v) is 6.92. The second kappa shape index (κ2) is 5.97. The van der Waals surface area contributed by atoms with Gasteiger partial charge in [0.2, 0.25) is 0 Å². The molecule has 104 valence electrons. The zero-order chi connectivity index (χ0) is 13.8. The minimum atomic E-state index is -0.857. The monoisotopic (exact) mass is 272 g/mol. The van der Waals surface area contributed by atoms with Crippen molar-refractivity contribution in [1.29, 1.82) is 0 Å². The van der Waals surface area contributed by atoms with E-state index in [2.05, 4.69) is 5.32 Å². The Bertz CT molecular complexity index is 321. The largest absolute Gasteiger partial charge is 0.391 e. The Hall–Kier alpha value is -0.680. The van der Waals surface area contributed by atoms with Gasteiger partial charge in [0.05, 0.1) is 10.5 Å². The molecule has 0 spiro atoms. The smallest absolute Gasteiger partial charge is 0.252 e. The van der Waals surface area contributed by atoms with Gasteiger partial charge in [0.25, 0.3) is 5.91 Å². The number of rotatable bonds is 4. The van der Waals surface area contributed by atoms with Crippen molar-refractivity contribution in [2.75, 3.05) is 7.11 Å². The van der Waals surface area contributed by atoms with Crippen LogP contribution in [0.5, 0.6) is 0 Å². The normalized spacial score (nSPS) is 19.9. The summed E-state index contributed by atoms with van der Waals surface area (Å²) in [7, 11) is 1.53. The fourth-order valence-corrected chi connectivity index (χ4v) is 2.48. The van der Waals surface area contributed by atoms with E-state index >= 15 is 0 Å². The molecule has 1 amide bonds. The molecule has 1 aliphatic carbocycles. The number of carbonyl (C=O) groups is 1. The first kappa shape index (κ1) is 15.4. The third-order valence-corrected chi connectivity index (χ3v) is 4.23. The Labute approximate surface area is 115 Å². The third kappa shape index (κ3) is 3.42. The first-order chi connectivity index (χ1) is 8.34. The lowest BCUT2D eigenvalue weighted by atomic mass is 9.89. The highest BCUT2D eigenvalue weighted by atomic mass is 32.1. The molecule has 1 rings (SSSR count). The summed E-state index contributed by atoms with van der Waals surface area (Å²) < 4.78 is 5.20. The first-order valence-electron chi connectivity index (χ1n) is 6.52. The molecule has 4 nitrogen and oxygen atoms in total. The molecule has 0 unspecified atom stereocenters. The summed E-state index contributed by atoms with van der Waals surface area (Å²) >= 11 is 5.19. The molecule has 3 N–H and O–H groups in total. The standard InChI is InChI=1S/C13H24N2O2S/c1-12(2,17-3)11(16)15-13(10(14)18)8-6-4-5-7-9-13/h4-9H2,1-3H3,(H2,14,18)(H,15,16). The predicted octanol–water partition coefficient (Wildman–Crippen LogP) is 1.91. The van der Waals surface area contributed by atoms with Gasteiger partial charge in [-0.05, 0) is 26.7 Å². The fraction of sp³-hybridized carbons (Fsp3) is 0.846. The SMILES string of the molecule is COC(C)(C)C(=O)NC1(C(N)=S)CCCCCC1. The van der Waals surface area contributed by atoms with Gasteiger partial charge in [-0.3, -0.25) is 4.79 Å². The average Bonchev–Trinajstić information content (AvgIpc) is 2.55. The summed E-state index contributed by atoms with van der Waals surface area (Å²) in [6.07, 6.45) is 6.10. The molecule has 0 bridgehead atoms. The molecule has 1 fully saturated rings. The van der Waals surface area contributed by atoms with E-state index in [1.165, 1.54) is 20.0 Å². The van der Waals surface area contributed by atoms with Crippen molar-refractivity contribution in [2.45, 2.75) is 63.5 Å². The highest BCUT2D eigenvalue weighted by Gasteiger charge is 2.39. The molecule has 0 saturated heterocycles. The van der Waals surface area contributed by atoms with Gasteiger partial charge in [-0.2, -0.15) is 0 Å². The molecule has 0 aliphatic heterocycles. The summed E-state index contributed by atoms with van der Waals surface area (Å²) in [5.41, 5.74) is 4.49. The van der Waals surface area contributed by atoms with E-state index in [0.717, 1.165) is 25.7 Å². The highest BCUT2D eigenvalue weighted by molar-refractivity contribution is 7.80. The summed E-state index contributed by atoms with van der Waals surface area (Å²) in [5.74, 6) is -0.153. The minimum absolute atomic E-state index is 0.153. The van der Waals surface area contributed by atoms with E-state index in [1.54, 1.807) is 13.8 Å². The maximum absolute atomic E-state index is 12.2. The molecule has 1 saturated carbocycles. The number of nitrogens with two attached hydrogens (primary N) is 1. The zero-order valence-corrected chi connectivity index (χ0v) is 12.4. The van der Waals surface area contributed by atoms with Crippen LogP contribution >= 0.6 is 12.2 Å². The Kier molecular flexibility index (Phi) is 5.10. The Balaban J connectivity index is 2.86. The molecular weight excluding hydrogens is 248 g/mol. The van der Waals surface area contributed by atoms with E-state index in [4.69, 9.17) is 22.7 Å². The van der Waals surface area contributed by atoms with Gasteiger partial charge in [0.15, 0.2) is 0 Å². The van der Waals surface area contributed by atoms with Crippen molar-refractivity contribution < 1.29 is 9.53 Å². The van der Waals surface area contributed by atoms with Crippen molar-refractivity contribution in [2.24, 2.45) is 5.73 Å². The quantitative estimate of drug-likeness (QED) is 0.606. The van der Waals surface area contributed by atoms with E-state index in [0.29, 0.717) is 4.99 Å². The average molecular weight is 272 g/mol. The fourth-order valence-electron chi connectivity index (χ4n) is 2.23. The van der Waals surface area contributed by atoms with E-state index in [9.17, 15) is 4.79 Å². The highest BCUT2D eigenvalue weighted by Crippen LogP contribution is 2.28. The maximum atomic E-state index is 12.2. The minimum Gasteiger partial charge on any atom is -0.391 e. The van der Waals surface area contributed by atoms with Crippen molar-refractivity contribution >= 4 is 23.1 Å². The summed E-state index contributed by atoms with van der Waals surface area (Å²) in [6.45, 7) is 3.48. The van der Waals surface area contributed by atoms with Gasteiger partial charge in [0.1, 0.15) is 5.60 Å². The Morgan fingerprint density at radius 2 is 1.78 bits per heavy atom. The number of amides is 1. The van der Waals surface area contributed by atoms with Crippen LogP contribution in [0.1, 0.15) is 52.4 Å². The number of nitrogens with one attached hydrogen (secondary N) is 1. The lowest BCUT2D eigenvalue weighted by Crippen LogP contribution is -2.60. The van der Waals surface area contributed by atoms with Crippen LogP contribution in [-0.2, 0) is 9.53 Å². The number of thiocarbonyl (C=S) groups is 1. The van der Waals surface area contributed by atoms with Crippen LogP contribution in [0.25, 0.3) is 0 Å². The molecule has 1 aliphatic rings. The number of hydrogen-bond donors (Lipinski definition) is 2. The second-order valence-corrected chi connectivity index (χ2v) is 5.97. The molecule has 0 aromatic rings. The lowest BCUT2D eigenvalue weighted by molar-refractivity contribution is -0.141. The van der Waals surface area contributed by atoms with Crippen LogP contribution in [0.2, 0.25) is 0 Å². The molecule has 18 heavy (non-hydrogen) atoms. The molecule has 0 aromatic carbocycles.